The molecule has 1 amide bonds. The summed E-state index contributed by atoms with van der Waals surface area (Å²) in [6.45, 7) is 1.22. The summed E-state index contributed by atoms with van der Waals surface area (Å²) < 4.78 is 2.04. The van der Waals surface area contributed by atoms with Crippen molar-refractivity contribution in [3.63, 3.8) is 0 Å². The lowest BCUT2D eigenvalue weighted by Gasteiger charge is -2.07. The number of hydrogen-bond acceptors (Lipinski definition) is 3. The molecule has 0 atom stereocenters. The molecule has 0 saturated carbocycles. The lowest BCUT2D eigenvalue weighted by atomic mass is 10.2. The minimum Gasteiger partial charge on any atom is -0.350 e. The van der Waals surface area contributed by atoms with Crippen molar-refractivity contribution in [3.05, 3.63) is 60.7 Å². The second-order valence-corrected chi connectivity index (χ2v) is 5.32. The number of amides is 1. The summed E-state index contributed by atoms with van der Waals surface area (Å²) in [6.07, 6.45) is 3.42. The van der Waals surface area contributed by atoms with Gasteiger partial charge in [-0.1, -0.05) is 12.1 Å². The Morgan fingerprint density at radius 1 is 1.13 bits per heavy atom. The number of hydrogen-bond donors (Lipinski definition) is 2. The molecule has 4 rings (SSSR count). The van der Waals surface area contributed by atoms with E-state index in [4.69, 9.17) is 0 Å². The zero-order valence-electron chi connectivity index (χ0n) is 12.4. The maximum Gasteiger partial charge on any atom is 0.251 e. The monoisotopic (exact) mass is 305 g/mol. The van der Waals surface area contributed by atoms with Gasteiger partial charge in [-0.3, -0.25) is 4.79 Å². The van der Waals surface area contributed by atoms with Gasteiger partial charge in [0, 0.05) is 18.7 Å². The first-order valence-corrected chi connectivity index (χ1v) is 7.42. The second kappa shape index (κ2) is 5.57. The van der Waals surface area contributed by atoms with E-state index in [0.29, 0.717) is 18.7 Å². The third-order valence-corrected chi connectivity index (χ3v) is 3.85. The van der Waals surface area contributed by atoms with Crippen LogP contribution >= 0.6 is 0 Å². The average Bonchev–Trinajstić information content (AvgIpc) is 3.21. The maximum atomic E-state index is 12.2. The normalized spacial score (nSPS) is 11.1. The zero-order valence-corrected chi connectivity index (χ0v) is 12.4. The molecule has 2 N–H and O–H groups in total. The van der Waals surface area contributed by atoms with Gasteiger partial charge in [0.15, 0.2) is 0 Å². The minimum absolute atomic E-state index is 0.0917. The summed E-state index contributed by atoms with van der Waals surface area (Å²) in [4.78, 5) is 23.7. The number of para-hydroxylation sites is 2. The number of H-pyrrole nitrogens is 1. The number of fused-ring (bicyclic) bond motifs is 2. The molecular formula is C17H15N5O. The van der Waals surface area contributed by atoms with Gasteiger partial charge in [0.25, 0.3) is 5.91 Å². The molecule has 0 bridgehead atoms. The number of nitrogens with one attached hydrogen (secondary N) is 2. The number of aromatic amines is 1. The topological polar surface area (TPSA) is 75.6 Å². The molecule has 6 nitrogen and oxygen atoms in total. The van der Waals surface area contributed by atoms with E-state index in [1.807, 2.05) is 41.0 Å². The van der Waals surface area contributed by atoms with E-state index < -0.39 is 0 Å². The van der Waals surface area contributed by atoms with Crippen LogP contribution in [0.15, 0.2) is 55.1 Å². The highest BCUT2D eigenvalue weighted by atomic mass is 16.1. The zero-order chi connectivity index (χ0) is 15.6. The Balaban J connectivity index is 1.43. The number of imidazole rings is 2. The molecule has 0 saturated heterocycles. The second-order valence-electron chi connectivity index (χ2n) is 5.32. The summed E-state index contributed by atoms with van der Waals surface area (Å²) in [5.41, 5.74) is 4.37. The smallest absolute Gasteiger partial charge is 0.251 e. The van der Waals surface area contributed by atoms with E-state index in [2.05, 4.69) is 20.3 Å². The van der Waals surface area contributed by atoms with Crippen molar-refractivity contribution >= 4 is 28.0 Å². The van der Waals surface area contributed by atoms with Crippen LogP contribution in [-0.4, -0.2) is 32.0 Å². The Bertz CT molecular complexity index is 985. The first-order chi connectivity index (χ1) is 11.3. The van der Waals surface area contributed by atoms with Crippen molar-refractivity contribution < 1.29 is 4.79 Å². The lowest BCUT2D eigenvalue weighted by Crippen LogP contribution is -2.27. The molecule has 4 aromatic rings. The number of rotatable bonds is 4. The Morgan fingerprint density at radius 3 is 3.00 bits per heavy atom. The number of carbonyl (C=O) groups excluding carboxylic acids is 1. The largest absolute Gasteiger partial charge is 0.350 e. The molecule has 23 heavy (non-hydrogen) atoms. The van der Waals surface area contributed by atoms with Gasteiger partial charge >= 0.3 is 0 Å². The summed E-state index contributed by atoms with van der Waals surface area (Å²) in [5, 5.41) is 2.94. The van der Waals surface area contributed by atoms with Crippen LogP contribution in [0.3, 0.4) is 0 Å². The Labute approximate surface area is 132 Å². The first kappa shape index (κ1) is 13.5. The van der Waals surface area contributed by atoms with Crippen LogP contribution in [0.2, 0.25) is 0 Å². The molecule has 114 valence electrons. The van der Waals surface area contributed by atoms with Crippen LogP contribution in [0.25, 0.3) is 22.1 Å². The highest BCUT2D eigenvalue weighted by Crippen LogP contribution is 2.12. The SMILES string of the molecule is O=C(NCCn1cnc2ccccc21)c1ccc2nc[nH]c2c1. The lowest BCUT2D eigenvalue weighted by molar-refractivity contribution is 0.0952. The summed E-state index contributed by atoms with van der Waals surface area (Å²) >= 11 is 0. The molecular weight excluding hydrogens is 290 g/mol. The highest BCUT2D eigenvalue weighted by molar-refractivity contribution is 5.97. The number of aromatic nitrogens is 4. The van der Waals surface area contributed by atoms with Crippen LogP contribution in [0.4, 0.5) is 0 Å². The fraction of sp³-hybridized carbons (Fsp3) is 0.118. The highest BCUT2D eigenvalue weighted by Gasteiger charge is 2.07. The molecule has 0 aliphatic rings. The standard InChI is InChI=1S/C17H15N5O/c23-17(12-5-6-13-15(9-12)20-10-19-13)18-7-8-22-11-21-14-3-1-2-4-16(14)22/h1-6,9-11H,7-8H2,(H,18,23)(H,19,20). The van der Waals surface area contributed by atoms with Crippen molar-refractivity contribution in [1.82, 2.24) is 24.8 Å². The Kier molecular flexibility index (Phi) is 3.27. The first-order valence-electron chi connectivity index (χ1n) is 7.42. The van der Waals surface area contributed by atoms with E-state index in [1.54, 1.807) is 18.7 Å². The van der Waals surface area contributed by atoms with Gasteiger partial charge in [-0.15, -0.1) is 0 Å². The van der Waals surface area contributed by atoms with Crippen molar-refractivity contribution in [2.24, 2.45) is 0 Å². The maximum absolute atomic E-state index is 12.2. The molecule has 2 heterocycles. The van der Waals surface area contributed by atoms with Gasteiger partial charge in [0.2, 0.25) is 0 Å². The van der Waals surface area contributed by atoms with E-state index in [-0.39, 0.29) is 5.91 Å². The summed E-state index contributed by atoms with van der Waals surface area (Å²) in [5.74, 6) is -0.0917. The van der Waals surface area contributed by atoms with Gasteiger partial charge in [-0.05, 0) is 30.3 Å². The number of nitrogens with zero attached hydrogens (tertiary/aromatic N) is 3. The molecule has 6 heteroatoms. The molecule has 0 fully saturated rings. The number of benzene rings is 2. The average molecular weight is 305 g/mol. The van der Waals surface area contributed by atoms with Gasteiger partial charge < -0.3 is 14.9 Å². The van der Waals surface area contributed by atoms with E-state index in [0.717, 1.165) is 22.1 Å². The third-order valence-electron chi connectivity index (χ3n) is 3.85. The molecule has 2 aromatic heterocycles. The predicted octanol–water partition coefficient (Wildman–Crippen LogP) is 2.34. The Hall–Kier alpha value is -3.15. The number of carbonyl (C=O) groups is 1. The van der Waals surface area contributed by atoms with E-state index in [9.17, 15) is 4.79 Å². The van der Waals surface area contributed by atoms with E-state index >= 15 is 0 Å². The summed E-state index contributed by atoms with van der Waals surface area (Å²) in [6, 6.07) is 13.4. The van der Waals surface area contributed by atoms with Crippen LogP contribution in [0.1, 0.15) is 10.4 Å². The van der Waals surface area contributed by atoms with Crippen LogP contribution in [0.5, 0.6) is 0 Å². The summed E-state index contributed by atoms with van der Waals surface area (Å²) in [7, 11) is 0. The van der Waals surface area contributed by atoms with Gasteiger partial charge in [0.05, 0.1) is 34.7 Å². The van der Waals surface area contributed by atoms with Gasteiger partial charge in [-0.25, -0.2) is 9.97 Å². The van der Waals surface area contributed by atoms with E-state index in [1.165, 1.54) is 0 Å². The molecule has 2 aromatic carbocycles. The van der Waals surface area contributed by atoms with Gasteiger partial charge in [-0.2, -0.15) is 0 Å². The van der Waals surface area contributed by atoms with Crippen LogP contribution < -0.4 is 5.32 Å². The van der Waals surface area contributed by atoms with Gasteiger partial charge in [0.1, 0.15) is 0 Å². The molecule has 0 spiro atoms. The van der Waals surface area contributed by atoms with Crippen molar-refractivity contribution in [2.75, 3.05) is 6.54 Å². The third kappa shape index (κ3) is 2.55. The molecule has 0 aliphatic carbocycles. The van der Waals surface area contributed by atoms with Crippen LogP contribution in [0, 0.1) is 0 Å². The molecule has 0 radical (unpaired) electrons. The Morgan fingerprint density at radius 2 is 2.04 bits per heavy atom. The quantitative estimate of drug-likeness (QED) is 0.607. The molecule has 0 aliphatic heterocycles. The van der Waals surface area contributed by atoms with Crippen molar-refractivity contribution in [2.45, 2.75) is 6.54 Å². The minimum atomic E-state index is -0.0917. The predicted molar refractivity (Wildman–Crippen MR) is 88.2 cm³/mol. The fourth-order valence-electron chi connectivity index (χ4n) is 2.66. The fourth-order valence-corrected chi connectivity index (χ4v) is 2.66. The van der Waals surface area contributed by atoms with Crippen molar-refractivity contribution in [3.8, 4) is 0 Å². The van der Waals surface area contributed by atoms with Crippen molar-refractivity contribution in [1.29, 1.82) is 0 Å². The molecule has 0 unspecified atom stereocenters. The van der Waals surface area contributed by atoms with Crippen LogP contribution in [-0.2, 0) is 6.54 Å².